The van der Waals surface area contributed by atoms with Gasteiger partial charge in [0.25, 0.3) is 0 Å². The van der Waals surface area contributed by atoms with Gasteiger partial charge in [-0.2, -0.15) is 0 Å². The summed E-state index contributed by atoms with van der Waals surface area (Å²) in [5.74, 6) is 0.756. The van der Waals surface area contributed by atoms with Gasteiger partial charge in [-0.25, -0.2) is 0 Å². The Labute approximate surface area is 90.2 Å². The summed E-state index contributed by atoms with van der Waals surface area (Å²) in [5, 5.41) is 9.62. The highest BCUT2D eigenvalue weighted by Crippen LogP contribution is 2.18. The Morgan fingerprint density at radius 3 is 3.20 bits per heavy atom. The zero-order valence-electron chi connectivity index (χ0n) is 8.90. The predicted molar refractivity (Wildman–Crippen MR) is 59.2 cm³/mol. The van der Waals surface area contributed by atoms with E-state index in [1.165, 1.54) is 0 Å². The third-order valence-electron chi connectivity index (χ3n) is 2.56. The minimum atomic E-state index is -0.821. The second-order valence-corrected chi connectivity index (χ2v) is 3.69. The highest BCUT2D eigenvalue weighted by molar-refractivity contribution is 6.62. The first-order valence-corrected chi connectivity index (χ1v) is 5.37. The van der Waals surface area contributed by atoms with E-state index >= 15 is 0 Å². The molecule has 0 saturated heterocycles. The second kappa shape index (κ2) is 4.68. The third-order valence-corrected chi connectivity index (χ3v) is 2.56. The molecule has 1 aliphatic heterocycles. The number of fused-ring (bicyclic) bond motifs is 1. The monoisotopic (exact) mass is 206 g/mol. The van der Waals surface area contributed by atoms with Crippen LogP contribution in [0, 0.1) is 0 Å². The summed E-state index contributed by atoms with van der Waals surface area (Å²) in [6, 6.07) is 5.77. The molecule has 0 radical (unpaired) electrons. The van der Waals surface area contributed by atoms with Crippen molar-refractivity contribution in [1.82, 2.24) is 0 Å². The second-order valence-electron chi connectivity index (χ2n) is 3.69. The first-order chi connectivity index (χ1) is 7.33. The van der Waals surface area contributed by atoms with Gasteiger partial charge in [0.2, 0.25) is 0 Å². The summed E-state index contributed by atoms with van der Waals surface area (Å²) in [6.45, 7) is 3.29. The van der Waals surface area contributed by atoms with Crippen LogP contribution in [0.5, 0.6) is 5.75 Å². The van der Waals surface area contributed by atoms with Crippen LogP contribution in [0.3, 0.4) is 0 Å². The van der Waals surface area contributed by atoms with E-state index in [9.17, 15) is 5.02 Å². The zero-order chi connectivity index (χ0) is 10.7. The molecule has 2 rings (SSSR count). The van der Waals surface area contributed by atoms with Crippen molar-refractivity contribution in [2.45, 2.75) is 26.4 Å². The molecule has 0 aliphatic carbocycles. The molecule has 1 N–H and O–H groups in total. The summed E-state index contributed by atoms with van der Waals surface area (Å²) in [4.78, 5) is 0. The quantitative estimate of drug-likeness (QED) is 0.591. The Morgan fingerprint density at radius 1 is 1.53 bits per heavy atom. The SMILES string of the molecule is CCCCOc1cccc2c1B(O)OC2. The lowest BCUT2D eigenvalue weighted by atomic mass is 9.79. The largest absolute Gasteiger partial charge is 0.495 e. The van der Waals surface area contributed by atoms with Crippen LogP contribution in [0.15, 0.2) is 18.2 Å². The van der Waals surface area contributed by atoms with Gasteiger partial charge in [0.05, 0.1) is 13.2 Å². The van der Waals surface area contributed by atoms with Crippen LogP contribution in [0.2, 0.25) is 0 Å². The van der Waals surface area contributed by atoms with Gasteiger partial charge in [0.15, 0.2) is 0 Å². The van der Waals surface area contributed by atoms with E-state index in [4.69, 9.17) is 9.39 Å². The van der Waals surface area contributed by atoms with Crippen LogP contribution in [-0.2, 0) is 11.3 Å². The summed E-state index contributed by atoms with van der Waals surface area (Å²) < 4.78 is 10.8. The van der Waals surface area contributed by atoms with Crippen molar-refractivity contribution in [3.05, 3.63) is 23.8 Å². The molecule has 3 nitrogen and oxygen atoms in total. The van der Waals surface area contributed by atoms with Crippen LogP contribution >= 0.6 is 0 Å². The van der Waals surface area contributed by atoms with Crippen LogP contribution in [0.4, 0.5) is 0 Å². The topological polar surface area (TPSA) is 38.7 Å². The van der Waals surface area contributed by atoms with Gasteiger partial charge < -0.3 is 14.4 Å². The minimum absolute atomic E-state index is 0.474. The molecule has 1 heterocycles. The highest BCUT2D eigenvalue weighted by Gasteiger charge is 2.30. The first kappa shape index (κ1) is 10.5. The van der Waals surface area contributed by atoms with Crippen molar-refractivity contribution in [3.63, 3.8) is 0 Å². The molecule has 0 aromatic heterocycles. The van der Waals surface area contributed by atoms with E-state index < -0.39 is 7.12 Å². The number of ether oxygens (including phenoxy) is 1. The Morgan fingerprint density at radius 2 is 2.40 bits per heavy atom. The summed E-state index contributed by atoms with van der Waals surface area (Å²) >= 11 is 0. The van der Waals surface area contributed by atoms with Gasteiger partial charge in [-0.1, -0.05) is 25.5 Å². The molecule has 15 heavy (non-hydrogen) atoms. The molecule has 1 aromatic carbocycles. The van der Waals surface area contributed by atoms with E-state index in [2.05, 4.69) is 6.92 Å². The molecule has 0 unspecified atom stereocenters. The third kappa shape index (κ3) is 2.16. The summed E-state index contributed by atoms with van der Waals surface area (Å²) in [7, 11) is -0.821. The number of hydrogen-bond donors (Lipinski definition) is 1. The fourth-order valence-electron chi connectivity index (χ4n) is 1.70. The molecule has 0 saturated carbocycles. The molecular weight excluding hydrogens is 191 g/mol. The molecule has 4 heteroatoms. The number of unbranched alkanes of at least 4 members (excludes halogenated alkanes) is 1. The van der Waals surface area contributed by atoms with E-state index in [1.54, 1.807) is 0 Å². The van der Waals surface area contributed by atoms with Crippen molar-refractivity contribution in [2.75, 3.05) is 6.61 Å². The van der Waals surface area contributed by atoms with Crippen molar-refractivity contribution < 1.29 is 14.4 Å². The molecule has 0 fully saturated rings. The van der Waals surface area contributed by atoms with E-state index in [-0.39, 0.29) is 0 Å². The van der Waals surface area contributed by atoms with E-state index in [1.807, 2.05) is 18.2 Å². The van der Waals surface area contributed by atoms with Crippen molar-refractivity contribution >= 4 is 12.6 Å². The molecule has 1 aliphatic rings. The smallest absolute Gasteiger partial charge is 0.494 e. The van der Waals surface area contributed by atoms with Crippen molar-refractivity contribution in [3.8, 4) is 5.75 Å². The van der Waals surface area contributed by atoms with Crippen LogP contribution in [0.1, 0.15) is 25.3 Å². The average molecular weight is 206 g/mol. The van der Waals surface area contributed by atoms with E-state index in [0.717, 1.165) is 29.6 Å². The van der Waals surface area contributed by atoms with Gasteiger partial charge in [0, 0.05) is 5.46 Å². The molecule has 1 aromatic rings. The maximum Gasteiger partial charge on any atom is 0.495 e. The van der Waals surface area contributed by atoms with Crippen LogP contribution in [0.25, 0.3) is 0 Å². The molecule has 0 amide bonds. The maximum absolute atomic E-state index is 9.62. The summed E-state index contributed by atoms with van der Waals surface area (Å²) in [6.07, 6.45) is 2.13. The lowest BCUT2D eigenvalue weighted by Crippen LogP contribution is -2.30. The average Bonchev–Trinajstić information content (AvgIpc) is 2.62. The van der Waals surface area contributed by atoms with Crippen molar-refractivity contribution in [2.24, 2.45) is 0 Å². The highest BCUT2D eigenvalue weighted by atomic mass is 16.5. The molecular formula is C11H15BO3. The zero-order valence-corrected chi connectivity index (χ0v) is 8.90. The van der Waals surface area contributed by atoms with Gasteiger partial charge in [-0.3, -0.25) is 0 Å². The van der Waals surface area contributed by atoms with E-state index in [0.29, 0.717) is 13.2 Å². The summed E-state index contributed by atoms with van der Waals surface area (Å²) in [5.41, 5.74) is 1.82. The number of benzene rings is 1. The normalized spacial score (nSPS) is 14.1. The minimum Gasteiger partial charge on any atom is -0.494 e. The van der Waals surface area contributed by atoms with Crippen LogP contribution < -0.4 is 10.2 Å². The Hall–Kier alpha value is -0.995. The lowest BCUT2D eigenvalue weighted by molar-refractivity contribution is 0.274. The molecule has 0 bridgehead atoms. The Balaban J connectivity index is 2.14. The maximum atomic E-state index is 9.62. The number of rotatable bonds is 4. The van der Waals surface area contributed by atoms with Gasteiger partial charge in [0.1, 0.15) is 5.75 Å². The molecule has 80 valence electrons. The van der Waals surface area contributed by atoms with Crippen LogP contribution in [-0.4, -0.2) is 18.7 Å². The number of hydrogen-bond acceptors (Lipinski definition) is 3. The Kier molecular flexibility index (Phi) is 3.28. The fraction of sp³-hybridized carbons (Fsp3) is 0.455. The molecule has 0 atom stereocenters. The predicted octanol–water partition coefficient (Wildman–Crippen LogP) is 1.08. The fourth-order valence-corrected chi connectivity index (χ4v) is 1.70. The van der Waals surface area contributed by atoms with Gasteiger partial charge in [-0.15, -0.1) is 0 Å². The van der Waals surface area contributed by atoms with Crippen molar-refractivity contribution in [1.29, 1.82) is 0 Å². The molecule has 0 spiro atoms. The van der Waals surface area contributed by atoms with Gasteiger partial charge in [-0.05, 0) is 18.1 Å². The first-order valence-electron chi connectivity index (χ1n) is 5.37. The van der Waals surface area contributed by atoms with Gasteiger partial charge >= 0.3 is 7.12 Å². The Bertz CT molecular complexity index is 341. The lowest BCUT2D eigenvalue weighted by Gasteiger charge is -2.09. The standard InChI is InChI=1S/C11H15BO3/c1-2-3-7-14-10-6-4-5-9-8-15-12(13)11(9)10/h4-6,13H,2-3,7-8H2,1H3.